The summed E-state index contributed by atoms with van der Waals surface area (Å²) < 4.78 is 24.8. The fourth-order valence-corrected chi connectivity index (χ4v) is 3.27. The van der Waals surface area contributed by atoms with Crippen molar-refractivity contribution < 1.29 is 8.42 Å². The van der Waals surface area contributed by atoms with Crippen molar-refractivity contribution in [2.24, 2.45) is 0 Å². The molecule has 6 nitrogen and oxygen atoms in total. The Bertz CT molecular complexity index is 599. The number of anilines is 1. The molecule has 1 aliphatic rings. The van der Waals surface area contributed by atoms with Crippen molar-refractivity contribution in [3.8, 4) is 0 Å². The predicted octanol–water partition coefficient (Wildman–Crippen LogP) is 0.966. The van der Waals surface area contributed by atoms with E-state index in [1.165, 1.54) is 10.6 Å². The summed E-state index contributed by atoms with van der Waals surface area (Å²) in [6, 6.07) is 0.269. The van der Waals surface area contributed by atoms with Crippen LogP contribution in [0.5, 0.6) is 0 Å². The molecule has 2 rings (SSSR count). The third kappa shape index (κ3) is 3.46. The van der Waals surface area contributed by atoms with Gasteiger partial charge in [0.1, 0.15) is 0 Å². The van der Waals surface area contributed by atoms with Crippen LogP contribution in [0.1, 0.15) is 30.8 Å². The Labute approximate surface area is 120 Å². The van der Waals surface area contributed by atoms with Crippen molar-refractivity contribution in [2.75, 3.05) is 24.7 Å². The van der Waals surface area contributed by atoms with Gasteiger partial charge >= 0.3 is 0 Å². The molecule has 0 bridgehead atoms. The molecule has 0 aliphatic carbocycles. The number of aromatic nitrogens is 2. The van der Waals surface area contributed by atoms with Crippen LogP contribution in [-0.2, 0) is 22.9 Å². The molecule has 1 aromatic rings. The summed E-state index contributed by atoms with van der Waals surface area (Å²) in [7, 11) is -3.14. The van der Waals surface area contributed by atoms with Crippen LogP contribution in [0.25, 0.3) is 0 Å². The predicted molar refractivity (Wildman–Crippen MR) is 79.4 cm³/mol. The first-order chi connectivity index (χ1) is 9.27. The molecular formula is C13H22N4O2S. The Morgan fingerprint density at radius 1 is 1.20 bits per heavy atom. The van der Waals surface area contributed by atoms with E-state index in [-0.39, 0.29) is 6.04 Å². The van der Waals surface area contributed by atoms with E-state index in [9.17, 15) is 8.42 Å². The Kier molecular flexibility index (Phi) is 4.29. The molecule has 1 aliphatic heterocycles. The molecule has 1 aromatic heterocycles. The van der Waals surface area contributed by atoms with E-state index in [2.05, 4.69) is 15.3 Å². The molecule has 112 valence electrons. The molecule has 0 unspecified atom stereocenters. The van der Waals surface area contributed by atoms with Crippen LogP contribution in [0, 0.1) is 6.92 Å². The van der Waals surface area contributed by atoms with Crippen molar-refractivity contribution in [1.82, 2.24) is 14.3 Å². The minimum absolute atomic E-state index is 0.269. The molecule has 0 aromatic carbocycles. The highest BCUT2D eigenvalue weighted by atomic mass is 32.2. The van der Waals surface area contributed by atoms with Crippen LogP contribution >= 0.6 is 0 Å². The zero-order valence-electron chi connectivity index (χ0n) is 12.5. The van der Waals surface area contributed by atoms with Crippen molar-refractivity contribution in [1.29, 1.82) is 0 Å². The van der Waals surface area contributed by atoms with Crippen LogP contribution in [0.4, 0.5) is 5.95 Å². The average molecular weight is 298 g/mol. The fraction of sp³-hybridized carbons (Fsp3) is 0.692. The van der Waals surface area contributed by atoms with E-state index < -0.39 is 10.0 Å². The van der Waals surface area contributed by atoms with Gasteiger partial charge in [0.25, 0.3) is 0 Å². The number of sulfonamides is 1. The summed E-state index contributed by atoms with van der Waals surface area (Å²) in [5.74, 6) is 0.629. The molecule has 2 heterocycles. The Morgan fingerprint density at radius 2 is 1.85 bits per heavy atom. The van der Waals surface area contributed by atoms with Gasteiger partial charge in [-0.3, -0.25) is 0 Å². The minimum atomic E-state index is -3.14. The maximum absolute atomic E-state index is 11.7. The summed E-state index contributed by atoms with van der Waals surface area (Å²) in [5.41, 5.74) is 2.99. The second-order valence-corrected chi connectivity index (χ2v) is 7.50. The lowest BCUT2D eigenvalue weighted by atomic mass is 10.1. The van der Waals surface area contributed by atoms with Crippen LogP contribution in [0.2, 0.25) is 0 Å². The normalized spacial score (nSPS) is 16.9. The van der Waals surface area contributed by atoms with Gasteiger partial charge in [-0.05, 0) is 32.8 Å². The average Bonchev–Trinajstić information content (AvgIpc) is 2.49. The Balaban J connectivity index is 2.29. The third-order valence-corrected chi connectivity index (χ3v) is 4.70. The highest BCUT2D eigenvalue weighted by Crippen LogP contribution is 2.20. The topological polar surface area (TPSA) is 75.2 Å². The number of nitrogens with zero attached hydrogens (tertiary/aromatic N) is 3. The number of hydrogen-bond acceptors (Lipinski definition) is 5. The summed E-state index contributed by atoms with van der Waals surface area (Å²) in [4.78, 5) is 9.01. The molecule has 1 N–H and O–H groups in total. The zero-order chi connectivity index (χ0) is 14.9. The van der Waals surface area contributed by atoms with Gasteiger partial charge in [-0.25, -0.2) is 22.7 Å². The smallest absolute Gasteiger partial charge is 0.223 e. The standard InChI is InChI=1S/C13H22N4O2S/c1-9(2)14-13-15-10(3)11-5-7-17(20(4,18)19)8-6-12(11)16-13/h9H,5-8H2,1-4H3,(H,14,15,16). The molecule has 0 atom stereocenters. The van der Waals surface area contributed by atoms with Gasteiger partial charge in [-0.2, -0.15) is 0 Å². The van der Waals surface area contributed by atoms with Gasteiger partial charge in [0.15, 0.2) is 0 Å². The first kappa shape index (κ1) is 15.2. The highest BCUT2D eigenvalue weighted by molar-refractivity contribution is 7.88. The van der Waals surface area contributed by atoms with Crippen molar-refractivity contribution in [3.05, 3.63) is 17.0 Å². The van der Waals surface area contributed by atoms with E-state index in [1.54, 1.807) is 0 Å². The molecule has 0 saturated heterocycles. The molecular weight excluding hydrogens is 276 g/mol. The highest BCUT2D eigenvalue weighted by Gasteiger charge is 2.23. The van der Waals surface area contributed by atoms with Crippen molar-refractivity contribution >= 4 is 16.0 Å². The molecule has 0 fully saturated rings. The quantitative estimate of drug-likeness (QED) is 0.900. The number of rotatable bonds is 3. The summed E-state index contributed by atoms with van der Waals surface area (Å²) in [6.07, 6.45) is 2.57. The lowest BCUT2D eigenvalue weighted by molar-refractivity contribution is 0.430. The molecule has 0 saturated carbocycles. The molecule has 0 amide bonds. The fourth-order valence-electron chi connectivity index (χ4n) is 2.42. The van der Waals surface area contributed by atoms with E-state index in [1.807, 2.05) is 20.8 Å². The van der Waals surface area contributed by atoms with E-state index in [4.69, 9.17) is 0 Å². The molecule has 0 radical (unpaired) electrons. The molecule has 7 heteroatoms. The number of fused-ring (bicyclic) bond motifs is 1. The van der Waals surface area contributed by atoms with Gasteiger partial charge in [0, 0.05) is 31.2 Å². The molecule has 20 heavy (non-hydrogen) atoms. The van der Waals surface area contributed by atoms with Gasteiger partial charge in [-0.1, -0.05) is 0 Å². The van der Waals surface area contributed by atoms with Crippen LogP contribution in [0.3, 0.4) is 0 Å². The SMILES string of the molecule is Cc1nc(NC(C)C)nc2c1CCN(S(C)(=O)=O)CC2. The van der Waals surface area contributed by atoms with Crippen molar-refractivity contribution in [3.63, 3.8) is 0 Å². The first-order valence-electron chi connectivity index (χ1n) is 6.85. The minimum Gasteiger partial charge on any atom is -0.352 e. The maximum atomic E-state index is 11.7. The van der Waals surface area contributed by atoms with E-state index >= 15 is 0 Å². The van der Waals surface area contributed by atoms with Gasteiger partial charge in [-0.15, -0.1) is 0 Å². The molecule has 0 spiro atoms. The zero-order valence-corrected chi connectivity index (χ0v) is 13.3. The summed E-state index contributed by atoms with van der Waals surface area (Å²) >= 11 is 0. The number of nitrogens with one attached hydrogen (secondary N) is 1. The van der Waals surface area contributed by atoms with Crippen LogP contribution in [-0.4, -0.2) is 48.1 Å². The monoisotopic (exact) mass is 298 g/mol. The van der Waals surface area contributed by atoms with Crippen molar-refractivity contribution in [2.45, 2.75) is 39.7 Å². The largest absolute Gasteiger partial charge is 0.352 e. The second-order valence-electron chi connectivity index (χ2n) is 5.52. The maximum Gasteiger partial charge on any atom is 0.223 e. The summed E-state index contributed by atoms with van der Waals surface area (Å²) in [5, 5.41) is 3.20. The second kappa shape index (κ2) is 5.65. The first-order valence-corrected chi connectivity index (χ1v) is 8.70. The Morgan fingerprint density at radius 3 is 2.45 bits per heavy atom. The Hall–Kier alpha value is -1.21. The van der Waals surface area contributed by atoms with Gasteiger partial charge in [0.2, 0.25) is 16.0 Å². The lowest BCUT2D eigenvalue weighted by Gasteiger charge is -2.16. The number of hydrogen-bond donors (Lipinski definition) is 1. The van der Waals surface area contributed by atoms with Gasteiger partial charge < -0.3 is 5.32 Å². The van der Waals surface area contributed by atoms with E-state index in [0.29, 0.717) is 31.9 Å². The summed E-state index contributed by atoms with van der Waals surface area (Å²) in [6.45, 7) is 7.03. The van der Waals surface area contributed by atoms with Gasteiger partial charge in [0.05, 0.1) is 11.9 Å². The van der Waals surface area contributed by atoms with Crippen LogP contribution < -0.4 is 5.32 Å². The lowest BCUT2D eigenvalue weighted by Crippen LogP contribution is -2.32. The number of aryl methyl sites for hydroxylation is 1. The third-order valence-electron chi connectivity index (χ3n) is 3.40. The van der Waals surface area contributed by atoms with E-state index in [0.717, 1.165) is 17.0 Å². The van der Waals surface area contributed by atoms with Crippen LogP contribution in [0.15, 0.2) is 0 Å².